The van der Waals surface area contributed by atoms with Crippen molar-refractivity contribution in [3.8, 4) is 0 Å². The minimum absolute atomic E-state index is 0.0729. The number of aromatic nitrogens is 2. The lowest BCUT2D eigenvalue weighted by atomic mass is 10.1. The first-order valence-corrected chi connectivity index (χ1v) is 10.0. The molecule has 10 heteroatoms. The van der Waals surface area contributed by atoms with E-state index < -0.39 is 16.0 Å². The number of nitrogens with zero attached hydrogens (tertiary/aromatic N) is 3. The maximum atomic E-state index is 13.0. The first-order valence-electron chi connectivity index (χ1n) is 7.75. The summed E-state index contributed by atoms with van der Waals surface area (Å²) in [5.41, 5.74) is 2.22. The van der Waals surface area contributed by atoms with Gasteiger partial charge in [-0.2, -0.15) is 9.40 Å². The SMILES string of the molecule is Cc1c(CN(C)S(=O)(=O)c2sc3c(c2C(=O)O)CCNC3)cnn1C. The van der Waals surface area contributed by atoms with Crippen LogP contribution < -0.4 is 5.32 Å². The van der Waals surface area contributed by atoms with Crippen LogP contribution >= 0.6 is 11.3 Å². The molecule has 0 saturated carbocycles. The number of carbonyl (C=O) groups is 1. The molecule has 0 amide bonds. The molecule has 8 nitrogen and oxygen atoms in total. The number of aromatic carboxylic acids is 1. The number of rotatable bonds is 5. The van der Waals surface area contributed by atoms with Gasteiger partial charge in [0.15, 0.2) is 0 Å². The molecule has 3 rings (SSSR count). The lowest BCUT2D eigenvalue weighted by Crippen LogP contribution is -2.27. The Balaban J connectivity index is 2.01. The second kappa shape index (κ2) is 6.52. The Morgan fingerprint density at radius 3 is 2.84 bits per heavy atom. The summed E-state index contributed by atoms with van der Waals surface area (Å²) in [6, 6.07) is 0. The van der Waals surface area contributed by atoms with E-state index in [2.05, 4.69) is 10.4 Å². The van der Waals surface area contributed by atoms with Gasteiger partial charge >= 0.3 is 5.97 Å². The third kappa shape index (κ3) is 3.10. The van der Waals surface area contributed by atoms with Crippen LogP contribution in [0.15, 0.2) is 10.4 Å². The van der Waals surface area contributed by atoms with Crippen molar-refractivity contribution in [2.24, 2.45) is 7.05 Å². The third-order valence-electron chi connectivity index (χ3n) is 4.48. The van der Waals surface area contributed by atoms with Crippen molar-refractivity contribution in [2.75, 3.05) is 13.6 Å². The van der Waals surface area contributed by atoms with Gasteiger partial charge in [-0.3, -0.25) is 4.68 Å². The predicted molar refractivity (Wildman–Crippen MR) is 93.3 cm³/mol. The number of hydrogen-bond donors (Lipinski definition) is 2. The average Bonchev–Trinajstić information content (AvgIpc) is 3.10. The molecule has 1 aliphatic heterocycles. The number of thiophene rings is 1. The van der Waals surface area contributed by atoms with Crippen LogP contribution in [0.5, 0.6) is 0 Å². The maximum absolute atomic E-state index is 13.0. The van der Waals surface area contributed by atoms with Crippen LogP contribution in [0.1, 0.15) is 32.1 Å². The van der Waals surface area contributed by atoms with Gasteiger partial charge in [0, 0.05) is 43.3 Å². The summed E-state index contributed by atoms with van der Waals surface area (Å²) >= 11 is 1.05. The maximum Gasteiger partial charge on any atom is 0.338 e. The van der Waals surface area contributed by atoms with E-state index in [1.165, 1.54) is 11.4 Å². The molecule has 2 aromatic rings. The minimum atomic E-state index is -3.91. The molecular weight excluding hydrogens is 364 g/mol. The van der Waals surface area contributed by atoms with E-state index in [-0.39, 0.29) is 16.3 Å². The van der Waals surface area contributed by atoms with Crippen LogP contribution in [-0.4, -0.2) is 47.2 Å². The number of nitrogens with one attached hydrogen (secondary N) is 1. The molecule has 25 heavy (non-hydrogen) atoms. The second-order valence-corrected chi connectivity index (χ2v) is 9.38. The highest BCUT2D eigenvalue weighted by atomic mass is 32.2. The Morgan fingerprint density at radius 1 is 1.52 bits per heavy atom. The van der Waals surface area contributed by atoms with Crippen molar-refractivity contribution < 1.29 is 18.3 Å². The first kappa shape index (κ1) is 18.1. The summed E-state index contributed by atoms with van der Waals surface area (Å²) in [5, 5.41) is 16.9. The zero-order valence-electron chi connectivity index (χ0n) is 14.2. The van der Waals surface area contributed by atoms with Crippen LogP contribution in [-0.2, 0) is 36.6 Å². The summed E-state index contributed by atoms with van der Waals surface area (Å²) in [6.07, 6.45) is 2.15. The Kier molecular flexibility index (Phi) is 4.71. The smallest absolute Gasteiger partial charge is 0.338 e. The molecule has 1 aliphatic rings. The van der Waals surface area contributed by atoms with Crippen molar-refractivity contribution in [3.63, 3.8) is 0 Å². The van der Waals surface area contributed by atoms with Crippen molar-refractivity contribution in [1.82, 2.24) is 19.4 Å². The number of sulfonamides is 1. The molecule has 136 valence electrons. The molecule has 0 aromatic carbocycles. The van der Waals surface area contributed by atoms with Gasteiger partial charge in [0.25, 0.3) is 10.0 Å². The van der Waals surface area contributed by atoms with Crippen molar-refractivity contribution in [3.05, 3.63) is 33.5 Å². The zero-order valence-corrected chi connectivity index (χ0v) is 15.9. The Hall–Kier alpha value is -1.75. The molecule has 0 atom stereocenters. The fraction of sp³-hybridized carbons (Fsp3) is 0.467. The Labute approximate surface area is 150 Å². The fourth-order valence-corrected chi connectivity index (χ4v) is 6.08. The van der Waals surface area contributed by atoms with Gasteiger partial charge in [0.1, 0.15) is 4.21 Å². The van der Waals surface area contributed by atoms with Gasteiger partial charge < -0.3 is 10.4 Å². The van der Waals surface area contributed by atoms with E-state index in [1.54, 1.807) is 17.9 Å². The minimum Gasteiger partial charge on any atom is -0.478 e. The van der Waals surface area contributed by atoms with Crippen molar-refractivity contribution in [1.29, 1.82) is 0 Å². The molecule has 0 radical (unpaired) electrons. The lowest BCUT2D eigenvalue weighted by Gasteiger charge is -2.16. The Bertz CT molecular complexity index is 930. The highest BCUT2D eigenvalue weighted by Gasteiger charge is 2.34. The number of aryl methyl sites for hydroxylation is 1. The average molecular weight is 384 g/mol. The van der Waals surface area contributed by atoms with E-state index in [0.717, 1.165) is 27.5 Å². The van der Waals surface area contributed by atoms with E-state index in [1.807, 2.05) is 6.92 Å². The van der Waals surface area contributed by atoms with Crippen molar-refractivity contribution in [2.45, 2.75) is 30.6 Å². The monoisotopic (exact) mass is 384 g/mol. The molecule has 0 fully saturated rings. The number of hydrogen-bond acceptors (Lipinski definition) is 6. The second-order valence-electron chi connectivity index (χ2n) is 6.04. The lowest BCUT2D eigenvalue weighted by molar-refractivity contribution is 0.0692. The van der Waals surface area contributed by atoms with Crippen LogP contribution in [0.2, 0.25) is 0 Å². The summed E-state index contributed by atoms with van der Waals surface area (Å²) in [5.74, 6) is -1.19. The van der Waals surface area contributed by atoms with Crippen LogP contribution in [0.25, 0.3) is 0 Å². The summed E-state index contributed by atoms with van der Waals surface area (Å²) < 4.78 is 28.8. The van der Waals surface area contributed by atoms with Gasteiger partial charge in [-0.1, -0.05) is 0 Å². The molecule has 3 heterocycles. The largest absolute Gasteiger partial charge is 0.478 e. The number of carboxylic acids is 1. The van der Waals surface area contributed by atoms with E-state index in [9.17, 15) is 18.3 Å². The predicted octanol–water partition coefficient (Wildman–Crippen LogP) is 0.955. The highest BCUT2D eigenvalue weighted by molar-refractivity contribution is 7.91. The summed E-state index contributed by atoms with van der Waals surface area (Å²) in [7, 11) is -0.658. The number of carboxylic acid groups (broad SMARTS) is 1. The van der Waals surface area contributed by atoms with Crippen LogP contribution in [0.4, 0.5) is 0 Å². The molecule has 2 aromatic heterocycles. The summed E-state index contributed by atoms with van der Waals surface area (Å²) in [6.45, 7) is 3.15. The van der Waals surface area contributed by atoms with Gasteiger partial charge in [-0.25, -0.2) is 13.2 Å². The van der Waals surface area contributed by atoms with Gasteiger partial charge in [-0.05, 0) is 25.5 Å². The van der Waals surface area contributed by atoms with Crippen molar-refractivity contribution >= 4 is 27.3 Å². The molecule has 0 bridgehead atoms. The van der Waals surface area contributed by atoms with E-state index in [0.29, 0.717) is 25.1 Å². The third-order valence-corrected chi connectivity index (χ3v) is 8.02. The zero-order chi connectivity index (χ0) is 18.4. The van der Waals surface area contributed by atoms with Crippen LogP contribution in [0, 0.1) is 6.92 Å². The molecule has 0 spiro atoms. The van der Waals surface area contributed by atoms with Gasteiger partial charge in [0.05, 0.1) is 11.8 Å². The normalized spacial score (nSPS) is 14.7. The van der Waals surface area contributed by atoms with E-state index >= 15 is 0 Å². The molecule has 0 unspecified atom stereocenters. The topological polar surface area (TPSA) is 105 Å². The molecule has 2 N–H and O–H groups in total. The van der Waals surface area contributed by atoms with E-state index in [4.69, 9.17) is 0 Å². The summed E-state index contributed by atoms with van der Waals surface area (Å²) in [4.78, 5) is 12.5. The molecular formula is C15H20N4O4S2. The van der Waals surface area contributed by atoms with Gasteiger partial charge in [-0.15, -0.1) is 11.3 Å². The van der Waals surface area contributed by atoms with Crippen LogP contribution in [0.3, 0.4) is 0 Å². The molecule has 0 saturated heterocycles. The standard InChI is InChI=1S/C15H20N4O4S2/c1-9-10(6-17-19(9)3)8-18(2)25(22,23)15-13(14(20)21)11-4-5-16-7-12(11)24-15/h6,16H,4-5,7-8H2,1-3H3,(H,20,21). The number of fused-ring (bicyclic) bond motifs is 1. The molecule has 0 aliphatic carbocycles. The van der Waals surface area contributed by atoms with Gasteiger partial charge in [0.2, 0.25) is 0 Å². The quantitative estimate of drug-likeness (QED) is 0.795. The Morgan fingerprint density at radius 2 is 2.24 bits per heavy atom. The fourth-order valence-electron chi connectivity index (χ4n) is 2.87. The highest BCUT2D eigenvalue weighted by Crippen LogP contribution is 2.36. The first-order chi connectivity index (χ1) is 11.7.